The molecule has 0 atom stereocenters. The zero-order chi connectivity index (χ0) is 7.15. The third-order valence-corrected chi connectivity index (χ3v) is 0. The molecular formula is C4H12N2OS. The lowest BCUT2D eigenvalue weighted by Gasteiger charge is -1.80. The van der Waals surface area contributed by atoms with Crippen molar-refractivity contribution < 1.29 is 5.11 Å². The van der Waals surface area contributed by atoms with E-state index < -0.39 is 0 Å². The molecule has 5 N–H and O–H groups in total. The lowest BCUT2D eigenvalue weighted by atomic mass is 10.5. The van der Waals surface area contributed by atoms with Gasteiger partial charge in [0.15, 0.2) is 5.11 Å². The Balaban J connectivity index is 0. The molecule has 0 aromatic rings. The van der Waals surface area contributed by atoms with Gasteiger partial charge in [-0.05, 0) is 26.1 Å². The van der Waals surface area contributed by atoms with Gasteiger partial charge in [0.25, 0.3) is 0 Å². The van der Waals surface area contributed by atoms with E-state index in [2.05, 4.69) is 23.7 Å². The van der Waals surface area contributed by atoms with E-state index in [4.69, 9.17) is 5.11 Å². The number of hydrogen-bond acceptors (Lipinski definition) is 2. The fraction of sp³-hybridized carbons (Fsp3) is 0.750. The molecule has 0 saturated heterocycles. The Labute approximate surface area is 54.7 Å². The standard InChI is InChI=1S/C3H8O.CH4N2S/c1-3(2)4;2-1(3)4/h3-4H,1-2H3;(H4,2,3,4). The highest BCUT2D eigenvalue weighted by molar-refractivity contribution is 7.80. The molecule has 8 heavy (non-hydrogen) atoms. The van der Waals surface area contributed by atoms with Crippen LogP contribution in [0.4, 0.5) is 0 Å². The fourth-order valence-corrected chi connectivity index (χ4v) is 0. The summed E-state index contributed by atoms with van der Waals surface area (Å²) in [7, 11) is 0. The van der Waals surface area contributed by atoms with Crippen LogP contribution in [0.3, 0.4) is 0 Å². The predicted molar refractivity (Wildman–Crippen MR) is 38.3 cm³/mol. The molecular weight excluding hydrogens is 124 g/mol. The van der Waals surface area contributed by atoms with Crippen molar-refractivity contribution in [3.05, 3.63) is 0 Å². The van der Waals surface area contributed by atoms with Crippen molar-refractivity contribution in [2.24, 2.45) is 11.5 Å². The first-order chi connectivity index (χ1) is 3.46. The first-order valence-electron chi connectivity index (χ1n) is 2.19. The van der Waals surface area contributed by atoms with Gasteiger partial charge in [-0.15, -0.1) is 0 Å². The van der Waals surface area contributed by atoms with Crippen LogP contribution in [-0.2, 0) is 0 Å². The van der Waals surface area contributed by atoms with Crippen LogP contribution in [0.1, 0.15) is 13.8 Å². The van der Waals surface area contributed by atoms with Gasteiger partial charge in [-0.25, -0.2) is 0 Å². The number of rotatable bonds is 0. The van der Waals surface area contributed by atoms with Gasteiger partial charge in [-0.3, -0.25) is 0 Å². The second-order valence-electron chi connectivity index (χ2n) is 1.50. The van der Waals surface area contributed by atoms with Crippen LogP contribution in [0, 0.1) is 0 Å². The van der Waals surface area contributed by atoms with Gasteiger partial charge >= 0.3 is 0 Å². The number of aliphatic hydroxyl groups excluding tert-OH is 1. The molecule has 3 nitrogen and oxygen atoms in total. The first-order valence-corrected chi connectivity index (χ1v) is 2.60. The molecule has 0 rings (SSSR count). The van der Waals surface area contributed by atoms with E-state index in [1.54, 1.807) is 13.8 Å². The van der Waals surface area contributed by atoms with Gasteiger partial charge in [-0.2, -0.15) is 0 Å². The lowest BCUT2D eigenvalue weighted by Crippen LogP contribution is -2.18. The topological polar surface area (TPSA) is 72.3 Å². The van der Waals surface area contributed by atoms with Crippen molar-refractivity contribution >= 4 is 17.3 Å². The van der Waals surface area contributed by atoms with Gasteiger partial charge in [0.2, 0.25) is 0 Å². The summed E-state index contributed by atoms with van der Waals surface area (Å²) in [5.41, 5.74) is 9.24. The smallest absolute Gasteiger partial charge is 0.160 e. The molecule has 0 heterocycles. The fourth-order valence-electron chi connectivity index (χ4n) is 0. The summed E-state index contributed by atoms with van der Waals surface area (Å²) in [6.45, 7) is 3.44. The highest BCUT2D eigenvalue weighted by atomic mass is 32.1. The maximum Gasteiger partial charge on any atom is 0.160 e. The Morgan fingerprint density at radius 3 is 1.50 bits per heavy atom. The van der Waals surface area contributed by atoms with Crippen molar-refractivity contribution in [2.75, 3.05) is 0 Å². The summed E-state index contributed by atoms with van der Waals surface area (Å²) >= 11 is 4.09. The van der Waals surface area contributed by atoms with Crippen LogP contribution < -0.4 is 11.5 Å². The molecule has 0 bridgehead atoms. The molecule has 50 valence electrons. The van der Waals surface area contributed by atoms with E-state index >= 15 is 0 Å². The highest BCUT2D eigenvalue weighted by Crippen LogP contribution is 1.65. The monoisotopic (exact) mass is 136 g/mol. The van der Waals surface area contributed by atoms with Gasteiger partial charge in [0.05, 0.1) is 0 Å². The van der Waals surface area contributed by atoms with E-state index in [1.807, 2.05) is 0 Å². The average molecular weight is 136 g/mol. The molecule has 4 heteroatoms. The van der Waals surface area contributed by atoms with Crippen molar-refractivity contribution in [3.8, 4) is 0 Å². The summed E-state index contributed by atoms with van der Waals surface area (Å²) in [6, 6.07) is 0. The SMILES string of the molecule is CC(C)O.NC(N)=S. The van der Waals surface area contributed by atoms with Crippen molar-refractivity contribution in [2.45, 2.75) is 20.0 Å². The van der Waals surface area contributed by atoms with Gasteiger partial charge < -0.3 is 16.6 Å². The summed E-state index contributed by atoms with van der Waals surface area (Å²) in [5.74, 6) is 0. The van der Waals surface area contributed by atoms with E-state index in [0.717, 1.165) is 0 Å². The third kappa shape index (κ3) is 997. The Hall–Kier alpha value is -0.350. The first kappa shape index (κ1) is 10.6. The van der Waals surface area contributed by atoms with E-state index in [0.29, 0.717) is 0 Å². The van der Waals surface area contributed by atoms with E-state index in [9.17, 15) is 0 Å². The van der Waals surface area contributed by atoms with Crippen LogP contribution in [0.15, 0.2) is 0 Å². The van der Waals surface area contributed by atoms with Gasteiger partial charge in [-0.1, -0.05) is 0 Å². The lowest BCUT2D eigenvalue weighted by molar-refractivity contribution is 0.216. The molecule has 0 aliphatic carbocycles. The Kier molecular flexibility index (Phi) is 8.81. The van der Waals surface area contributed by atoms with Gasteiger partial charge in [0, 0.05) is 6.10 Å². The van der Waals surface area contributed by atoms with Crippen LogP contribution in [0.2, 0.25) is 0 Å². The number of nitrogens with two attached hydrogens (primary N) is 2. The normalized spacial score (nSPS) is 7.50. The van der Waals surface area contributed by atoms with Gasteiger partial charge in [0.1, 0.15) is 0 Å². The maximum absolute atomic E-state index is 8.06. The molecule has 0 fully saturated rings. The zero-order valence-corrected chi connectivity index (χ0v) is 5.90. The highest BCUT2D eigenvalue weighted by Gasteiger charge is 1.69. The second kappa shape index (κ2) is 6.65. The van der Waals surface area contributed by atoms with Crippen molar-refractivity contribution in [3.63, 3.8) is 0 Å². The zero-order valence-electron chi connectivity index (χ0n) is 5.09. The number of aliphatic hydroxyl groups is 1. The molecule has 0 aromatic heterocycles. The summed E-state index contributed by atoms with van der Waals surface area (Å²) in [5, 5.41) is 8.06. The maximum atomic E-state index is 8.06. The van der Waals surface area contributed by atoms with Crippen LogP contribution in [0.5, 0.6) is 0 Å². The predicted octanol–water partition coefficient (Wildman–Crippen LogP) is -0.424. The molecule has 0 aliphatic rings. The largest absolute Gasteiger partial charge is 0.394 e. The molecule has 0 aromatic carbocycles. The number of hydrogen-bond donors (Lipinski definition) is 3. The van der Waals surface area contributed by atoms with Crippen LogP contribution >= 0.6 is 12.2 Å². The minimum atomic E-state index is -0.167. The molecule has 0 radical (unpaired) electrons. The average Bonchev–Trinajstić information content (AvgIpc) is 1.25. The van der Waals surface area contributed by atoms with Crippen molar-refractivity contribution in [1.29, 1.82) is 0 Å². The Bertz CT molecular complexity index is 58.3. The van der Waals surface area contributed by atoms with Crippen molar-refractivity contribution in [1.82, 2.24) is 0 Å². The minimum Gasteiger partial charge on any atom is -0.394 e. The van der Waals surface area contributed by atoms with Crippen LogP contribution in [0.25, 0.3) is 0 Å². The third-order valence-electron chi connectivity index (χ3n) is 0. The molecule has 0 aliphatic heterocycles. The minimum absolute atomic E-state index is 0.000000000000000222. The van der Waals surface area contributed by atoms with Crippen LogP contribution in [-0.4, -0.2) is 16.3 Å². The molecule has 0 unspecified atom stereocenters. The Morgan fingerprint density at radius 1 is 1.50 bits per heavy atom. The second-order valence-corrected chi connectivity index (χ2v) is 1.97. The quantitative estimate of drug-likeness (QED) is 0.395. The molecule has 0 amide bonds. The summed E-state index contributed by atoms with van der Waals surface area (Å²) < 4.78 is 0. The summed E-state index contributed by atoms with van der Waals surface area (Å²) in [6.07, 6.45) is -0.167. The number of thiocarbonyl (C=S) groups is 1. The molecule has 0 saturated carbocycles. The Morgan fingerprint density at radius 2 is 1.50 bits per heavy atom. The molecule has 0 spiro atoms. The summed E-state index contributed by atoms with van der Waals surface area (Å²) in [4.78, 5) is 0. The van der Waals surface area contributed by atoms with E-state index in [1.165, 1.54) is 0 Å². The van der Waals surface area contributed by atoms with E-state index in [-0.39, 0.29) is 11.2 Å².